The summed E-state index contributed by atoms with van der Waals surface area (Å²) in [5.41, 5.74) is 0. The first kappa shape index (κ1) is 17.9. The average Bonchev–Trinajstić information content (AvgIpc) is 3.22. The highest BCUT2D eigenvalue weighted by atomic mass is 19.1. The van der Waals surface area contributed by atoms with E-state index in [0.29, 0.717) is 11.9 Å². The number of likely N-dealkylation sites (N-methyl/N-ethyl adjacent to an activating group) is 1. The van der Waals surface area contributed by atoms with Crippen molar-refractivity contribution in [1.82, 2.24) is 20.5 Å². The van der Waals surface area contributed by atoms with Crippen LogP contribution >= 0.6 is 0 Å². The molecule has 2 aliphatic heterocycles. The molecular weight excluding hydrogens is 319 g/mol. The molecule has 2 unspecified atom stereocenters. The van der Waals surface area contributed by atoms with Crippen LogP contribution in [0.5, 0.6) is 0 Å². The highest BCUT2D eigenvalue weighted by molar-refractivity contribution is 5.80. The van der Waals surface area contributed by atoms with Gasteiger partial charge in [0.05, 0.1) is 6.54 Å². The van der Waals surface area contributed by atoms with Gasteiger partial charge in [0.25, 0.3) is 0 Å². The fourth-order valence-corrected chi connectivity index (χ4v) is 3.60. The van der Waals surface area contributed by atoms with E-state index in [-0.39, 0.29) is 11.9 Å². The highest BCUT2D eigenvalue weighted by Gasteiger charge is 2.26. The van der Waals surface area contributed by atoms with Gasteiger partial charge in [-0.05, 0) is 51.9 Å². The predicted molar refractivity (Wildman–Crippen MR) is 99.6 cm³/mol. The Hall–Kier alpha value is -1.89. The molecule has 2 aliphatic rings. The number of nitrogens with one attached hydrogen (secondary N) is 2. The summed E-state index contributed by atoms with van der Waals surface area (Å²) in [4.78, 5) is 13.3. The minimum absolute atomic E-state index is 0.250. The van der Waals surface area contributed by atoms with E-state index in [1.807, 2.05) is 4.90 Å². The number of anilines is 1. The Kier molecular flexibility index (Phi) is 6.07. The van der Waals surface area contributed by atoms with E-state index in [0.717, 1.165) is 45.1 Å². The minimum Gasteiger partial charge on any atom is -0.357 e. The van der Waals surface area contributed by atoms with Crippen molar-refractivity contribution in [3.8, 4) is 0 Å². The van der Waals surface area contributed by atoms with Gasteiger partial charge in [-0.3, -0.25) is 4.99 Å². The number of guanidine groups is 1. The number of aromatic nitrogens is 1. The molecule has 0 aliphatic carbocycles. The third-order valence-electron chi connectivity index (χ3n) is 5.04. The summed E-state index contributed by atoms with van der Waals surface area (Å²) in [6.07, 6.45) is 5.07. The van der Waals surface area contributed by atoms with Gasteiger partial charge in [0.2, 0.25) is 0 Å². The maximum absolute atomic E-state index is 13.9. The summed E-state index contributed by atoms with van der Waals surface area (Å²) in [6.45, 7) is 6.42. The summed E-state index contributed by atoms with van der Waals surface area (Å²) in [5.74, 6) is 1.05. The molecule has 0 spiro atoms. The summed E-state index contributed by atoms with van der Waals surface area (Å²) in [5, 5.41) is 6.83. The summed E-state index contributed by atoms with van der Waals surface area (Å²) in [7, 11) is 2.17. The molecular formula is C18H29FN6. The maximum atomic E-state index is 13.9. The quantitative estimate of drug-likeness (QED) is 0.623. The fourth-order valence-electron chi connectivity index (χ4n) is 3.60. The van der Waals surface area contributed by atoms with E-state index in [1.54, 1.807) is 12.3 Å². The summed E-state index contributed by atoms with van der Waals surface area (Å²) < 4.78 is 13.9. The fraction of sp³-hybridized carbons (Fsp3) is 0.667. The first-order valence-corrected chi connectivity index (χ1v) is 9.28. The van der Waals surface area contributed by atoms with Gasteiger partial charge < -0.3 is 20.4 Å². The van der Waals surface area contributed by atoms with Crippen LogP contribution in [0, 0.1) is 5.82 Å². The average molecular weight is 348 g/mol. The zero-order valence-electron chi connectivity index (χ0n) is 15.2. The van der Waals surface area contributed by atoms with Crippen molar-refractivity contribution >= 4 is 11.8 Å². The standard InChI is InChI=1S/C18H29FN6/c1-3-20-18(22-12-15-6-5-10-24(15)2)23-14-8-11-25(13-14)17-16(19)7-4-9-21-17/h4,7,9,14-15H,3,5-6,8,10-13H2,1-2H3,(H2,20,22,23). The van der Waals surface area contributed by atoms with E-state index >= 15 is 0 Å². The number of pyridine rings is 1. The molecule has 0 bridgehead atoms. The SMILES string of the molecule is CCNC(=NCC1CCCN1C)NC1CCN(c2ncccc2F)C1. The molecule has 2 saturated heterocycles. The molecule has 7 heteroatoms. The number of hydrogen-bond acceptors (Lipinski definition) is 4. The van der Waals surface area contributed by atoms with E-state index in [9.17, 15) is 4.39 Å². The molecule has 3 rings (SSSR count). The second-order valence-electron chi connectivity index (χ2n) is 6.88. The van der Waals surface area contributed by atoms with Crippen molar-refractivity contribution in [1.29, 1.82) is 0 Å². The van der Waals surface area contributed by atoms with Gasteiger partial charge in [-0.15, -0.1) is 0 Å². The lowest BCUT2D eigenvalue weighted by Gasteiger charge is -2.21. The van der Waals surface area contributed by atoms with Gasteiger partial charge in [0, 0.05) is 37.9 Å². The number of likely N-dealkylation sites (tertiary alicyclic amines) is 1. The van der Waals surface area contributed by atoms with Gasteiger partial charge in [-0.1, -0.05) is 0 Å². The minimum atomic E-state index is -0.256. The van der Waals surface area contributed by atoms with Gasteiger partial charge in [0.1, 0.15) is 0 Å². The highest BCUT2D eigenvalue weighted by Crippen LogP contribution is 2.20. The Labute approximate surface area is 149 Å². The van der Waals surface area contributed by atoms with Crippen LogP contribution in [0.4, 0.5) is 10.2 Å². The van der Waals surface area contributed by atoms with Crippen LogP contribution in [0.1, 0.15) is 26.2 Å². The van der Waals surface area contributed by atoms with Crippen LogP contribution in [-0.4, -0.2) is 67.7 Å². The predicted octanol–water partition coefficient (Wildman–Crippen LogP) is 1.45. The number of hydrogen-bond donors (Lipinski definition) is 2. The van der Waals surface area contributed by atoms with Crippen LogP contribution < -0.4 is 15.5 Å². The van der Waals surface area contributed by atoms with Gasteiger partial charge in [0.15, 0.2) is 17.6 Å². The molecule has 2 N–H and O–H groups in total. The molecule has 25 heavy (non-hydrogen) atoms. The van der Waals surface area contributed by atoms with Crippen LogP contribution in [0.25, 0.3) is 0 Å². The lowest BCUT2D eigenvalue weighted by Crippen LogP contribution is -2.45. The van der Waals surface area contributed by atoms with Crippen molar-refractivity contribution in [2.75, 3.05) is 44.7 Å². The molecule has 6 nitrogen and oxygen atoms in total. The zero-order chi connectivity index (χ0) is 17.6. The zero-order valence-corrected chi connectivity index (χ0v) is 15.2. The van der Waals surface area contributed by atoms with Gasteiger partial charge in [-0.2, -0.15) is 0 Å². The molecule has 3 heterocycles. The smallest absolute Gasteiger partial charge is 0.191 e. The Morgan fingerprint density at radius 3 is 3.00 bits per heavy atom. The topological polar surface area (TPSA) is 55.8 Å². The summed E-state index contributed by atoms with van der Waals surface area (Å²) >= 11 is 0. The van der Waals surface area contributed by atoms with Crippen molar-refractivity contribution in [2.24, 2.45) is 4.99 Å². The van der Waals surface area contributed by atoms with Gasteiger partial charge >= 0.3 is 0 Å². The first-order chi connectivity index (χ1) is 12.2. The van der Waals surface area contributed by atoms with E-state index in [1.165, 1.54) is 18.9 Å². The maximum Gasteiger partial charge on any atom is 0.191 e. The van der Waals surface area contributed by atoms with Crippen LogP contribution in [0.15, 0.2) is 23.3 Å². The Morgan fingerprint density at radius 2 is 2.28 bits per heavy atom. The molecule has 0 amide bonds. The Bertz CT molecular complexity index is 593. The molecule has 1 aromatic rings. The second kappa shape index (κ2) is 8.47. The molecule has 1 aromatic heterocycles. The van der Waals surface area contributed by atoms with Crippen LogP contribution in [-0.2, 0) is 0 Å². The normalized spacial score (nSPS) is 24.8. The lowest BCUT2D eigenvalue weighted by molar-refractivity contribution is 0.317. The molecule has 0 radical (unpaired) electrons. The van der Waals surface area contributed by atoms with Crippen LogP contribution in [0.2, 0.25) is 0 Å². The number of rotatable bonds is 5. The number of aliphatic imine (C=N–C) groups is 1. The van der Waals surface area contributed by atoms with Crippen molar-refractivity contribution < 1.29 is 4.39 Å². The number of nitrogens with zero attached hydrogens (tertiary/aromatic N) is 4. The van der Waals surface area contributed by atoms with Crippen molar-refractivity contribution in [3.63, 3.8) is 0 Å². The molecule has 138 valence electrons. The largest absolute Gasteiger partial charge is 0.357 e. The first-order valence-electron chi connectivity index (χ1n) is 9.28. The Morgan fingerprint density at radius 1 is 1.40 bits per heavy atom. The molecule has 0 saturated carbocycles. The monoisotopic (exact) mass is 348 g/mol. The second-order valence-corrected chi connectivity index (χ2v) is 6.88. The van der Waals surface area contributed by atoms with Crippen molar-refractivity contribution in [3.05, 3.63) is 24.1 Å². The summed E-state index contributed by atoms with van der Waals surface area (Å²) in [6, 6.07) is 3.88. The van der Waals surface area contributed by atoms with Crippen LogP contribution in [0.3, 0.4) is 0 Å². The van der Waals surface area contributed by atoms with E-state index in [4.69, 9.17) is 4.99 Å². The molecule has 2 atom stereocenters. The third kappa shape index (κ3) is 4.60. The third-order valence-corrected chi connectivity index (χ3v) is 5.04. The van der Waals surface area contributed by atoms with E-state index < -0.39 is 0 Å². The molecule has 2 fully saturated rings. The Balaban J connectivity index is 1.56. The van der Waals surface area contributed by atoms with Gasteiger partial charge in [-0.25, -0.2) is 9.37 Å². The lowest BCUT2D eigenvalue weighted by atomic mass is 10.2. The molecule has 0 aromatic carbocycles. The van der Waals surface area contributed by atoms with E-state index in [2.05, 4.69) is 34.5 Å². The van der Waals surface area contributed by atoms with Crippen molar-refractivity contribution in [2.45, 2.75) is 38.3 Å². The number of halogens is 1.